The zero-order chi connectivity index (χ0) is 14.6. The second-order valence-corrected chi connectivity index (χ2v) is 5.56. The van der Waals surface area contributed by atoms with Crippen LogP contribution in [0.5, 0.6) is 0 Å². The Morgan fingerprint density at radius 2 is 1.85 bits per heavy atom. The van der Waals surface area contributed by atoms with Crippen molar-refractivity contribution in [3.05, 3.63) is 35.4 Å². The van der Waals surface area contributed by atoms with E-state index in [0.29, 0.717) is 13.1 Å². The third-order valence-corrected chi connectivity index (χ3v) is 4.16. The van der Waals surface area contributed by atoms with Crippen molar-refractivity contribution in [3.63, 3.8) is 0 Å². The summed E-state index contributed by atoms with van der Waals surface area (Å²) < 4.78 is 26.9. The molecule has 0 aliphatic heterocycles. The van der Waals surface area contributed by atoms with E-state index in [-0.39, 0.29) is 23.3 Å². The number of carbonyl (C=O) groups excluding carboxylic acids is 1. The fraction of sp³-hybridized carbons (Fsp3) is 0.533. The first-order valence-corrected chi connectivity index (χ1v) is 6.96. The highest BCUT2D eigenvalue weighted by molar-refractivity contribution is 5.78. The highest BCUT2D eigenvalue weighted by Gasteiger charge is 2.32. The number of benzene rings is 1. The van der Waals surface area contributed by atoms with Gasteiger partial charge in [-0.05, 0) is 36.9 Å². The molecule has 1 aliphatic rings. The minimum absolute atomic E-state index is 0.0383. The summed E-state index contributed by atoms with van der Waals surface area (Å²) in [4.78, 5) is 11.8. The third kappa shape index (κ3) is 3.33. The van der Waals surface area contributed by atoms with E-state index in [4.69, 9.17) is 5.73 Å². The molecule has 1 aliphatic carbocycles. The fourth-order valence-electron chi connectivity index (χ4n) is 2.79. The summed E-state index contributed by atoms with van der Waals surface area (Å²) >= 11 is 0. The fourth-order valence-corrected chi connectivity index (χ4v) is 2.79. The lowest BCUT2D eigenvalue weighted by atomic mass is 9.86. The zero-order valence-electron chi connectivity index (χ0n) is 11.4. The van der Waals surface area contributed by atoms with Crippen LogP contribution in [0.3, 0.4) is 0 Å². The number of nitrogens with one attached hydrogen (secondary N) is 1. The van der Waals surface area contributed by atoms with Crippen LogP contribution in [-0.2, 0) is 11.2 Å². The van der Waals surface area contributed by atoms with Crippen molar-refractivity contribution in [3.8, 4) is 0 Å². The van der Waals surface area contributed by atoms with Crippen molar-refractivity contribution in [2.75, 3.05) is 13.1 Å². The largest absolute Gasteiger partial charge is 0.355 e. The summed E-state index contributed by atoms with van der Waals surface area (Å²) in [6.45, 7) is 1.01. The summed E-state index contributed by atoms with van der Waals surface area (Å²) in [6, 6.07) is 3.60. The molecule has 1 aromatic rings. The Bertz CT molecular complexity index is 465. The van der Waals surface area contributed by atoms with Crippen molar-refractivity contribution in [1.29, 1.82) is 0 Å². The molecule has 0 heterocycles. The highest BCUT2D eigenvalue weighted by atomic mass is 19.1. The van der Waals surface area contributed by atoms with Crippen molar-refractivity contribution in [2.45, 2.75) is 32.1 Å². The van der Waals surface area contributed by atoms with E-state index < -0.39 is 11.6 Å². The molecule has 0 unspecified atom stereocenters. The van der Waals surface area contributed by atoms with Gasteiger partial charge in [0.15, 0.2) is 0 Å². The van der Waals surface area contributed by atoms with Gasteiger partial charge in [0, 0.05) is 12.1 Å². The second-order valence-electron chi connectivity index (χ2n) is 5.56. The lowest BCUT2D eigenvalue weighted by Crippen LogP contribution is -2.41. The van der Waals surface area contributed by atoms with E-state index in [2.05, 4.69) is 5.32 Å². The molecule has 0 atom stereocenters. The lowest BCUT2D eigenvalue weighted by Gasteiger charge is -2.27. The first-order chi connectivity index (χ1) is 9.56. The van der Waals surface area contributed by atoms with E-state index in [9.17, 15) is 13.6 Å². The molecule has 0 aromatic heterocycles. The van der Waals surface area contributed by atoms with E-state index >= 15 is 0 Å². The number of carbonyl (C=O) groups is 1. The maximum atomic E-state index is 13.5. The van der Waals surface area contributed by atoms with Gasteiger partial charge in [0.05, 0.1) is 6.42 Å². The molecule has 3 N–H and O–H groups in total. The molecule has 1 fully saturated rings. The molecule has 3 nitrogen and oxygen atoms in total. The monoisotopic (exact) mass is 282 g/mol. The van der Waals surface area contributed by atoms with Gasteiger partial charge in [-0.25, -0.2) is 8.78 Å². The van der Waals surface area contributed by atoms with Gasteiger partial charge in [-0.1, -0.05) is 18.9 Å². The lowest BCUT2D eigenvalue weighted by molar-refractivity contribution is -0.121. The molecule has 0 saturated heterocycles. The molecule has 1 amide bonds. The van der Waals surface area contributed by atoms with Crippen molar-refractivity contribution in [2.24, 2.45) is 11.1 Å². The van der Waals surface area contributed by atoms with E-state index in [1.807, 2.05) is 0 Å². The van der Waals surface area contributed by atoms with Crippen LogP contribution >= 0.6 is 0 Å². The summed E-state index contributed by atoms with van der Waals surface area (Å²) in [5, 5.41) is 2.77. The average Bonchev–Trinajstić information content (AvgIpc) is 2.90. The molecule has 1 aromatic carbocycles. The predicted molar refractivity (Wildman–Crippen MR) is 73.0 cm³/mol. The van der Waals surface area contributed by atoms with E-state index in [1.165, 1.54) is 6.07 Å². The first kappa shape index (κ1) is 14.9. The predicted octanol–water partition coefficient (Wildman–Crippen LogP) is 2.14. The minimum Gasteiger partial charge on any atom is -0.355 e. The van der Waals surface area contributed by atoms with Gasteiger partial charge in [-0.3, -0.25) is 4.79 Å². The van der Waals surface area contributed by atoms with Crippen molar-refractivity contribution >= 4 is 5.91 Å². The van der Waals surface area contributed by atoms with Gasteiger partial charge in [0.2, 0.25) is 5.91 Å². The smallest absolute Gasteiger partial charge is 0.224 e. The van der Waals surface area contributed by atoms with Crippen LogP contribution in [-0.4, -0.2) is 19.0 Å². The van der Waals surface area contributed by atoms with E-state index in [0.717, 1.165) is 37.8 Å². The topological polar surface area (TPSA) is 55.1 Å². The summed E-state index contributed by atoms with van der Waals surface area (Å²) in [5.41, 5.74) is 5.56. The first-order valence-electron chi connectivity index (χ1n) is 6.96. The Morgan fingerprint density at radius 1 is 1.25 bits per heavy atom. The normalized spacial score (nSPS) is 17.1. The average molecular weight is 282 g/mol. The van der Waals surface area contributed by atoms with Gasteiger partial charge in [-0.15, -0.1) is 0 Å². The number of nitrogens with two attached hydrogens (primary N) is 1. The minimum atomic E-state index is -0.686. The molecule has 110 valence electrons. The van der Waals surface area contributed by atoms with Crippen LogP contribution in [0.15, 0.2) is 18.2 Å². The maximum absolute atomic E-state index is 13.5. The second kappa shape index (κ2) is 6.31. The summed E-state index contributed by atoms with van der Waals surface area (Å²) in [5.74, 6) is -1.74. The molecular weight excluding hydrogens is 262 g/mol. The number of rotatable bonds is 5. The van der Waals surface area contributed by atoms with E-state index in [1.54, 1.807) is 0 Å². The molecule has 0 bridgehead atoms. The number of hydrogen-bond donors (Lipinski definition) is 2. The van der Waals surface area contributed by atoms with Gasteiger partial charge < -0.3 is 11.1 Å². The highest BCUT2D eigenvalue weighted by Crippen LogP contribution is 2.36. The van der Waals surface area contributed by atoms with Gasteiger partial charge in [-0.2, -0.15) is 0 Å². The Balaban J connectivity index is 1.93. The molecule has 1 saturated carbocycles. The van der Waals surface area contributed by atoms with Crippen LogP contribution in [0.1, 0.15) is 31.2 Å². The molecule has 0 spiro atoms. The zero-order valence-corrected chi connectivity index (χ0v) is 11.4. The van der Waals surface area contributed by atoms with Gasteiger partial charge in [0.25, 0.3) is 0 Å². The number of halogens is 2. The van der Waals surface area contributed by atoms with Crippen LogP contribution in [0, 0.1) is 17.0 Å². The molecule has 2 rings (SSSR count). The summed E-state index contributed by atoms with van der Waals surface area (Å²) in [6.07, 6.45) is 3.96. The van der Waals surface area contributed by atoms with Crippen LogP contribution in [0.25, 0.3) is 0 Å². The standard InChI is InChI=1S/C15H20F2N2O/c16-12-4-3-5-13(17)11(12)8-14(20)19-10-15(9-18)6-1-2-7-15/h3-5H,1-2,6-10,18H2,(H,19,20). The Morgan fingerprint density at radius 3 is 2.40 bits per heavy atom. The third-order valence-electron chi connectivity index (χ3n) is 4.16. The van der Waals surface area contributed by atoms with Gasteiger partial charge in [0.1, 0.15) is 11.6 Å². The Kier molecular flexibility index (Phi) is 4.70. The van der Waals surface area contributed by atoms with Crippen molar-refractivity contribution in [1.82, 2.24) is 5.32 Å². The van der Waals surface area contributed by atoms with Gasteiger partial charge >= 0.3 is 0 Å². The quantitative estimate of drug-likeness (QED) is 0.869. The molecule has 5 heteroatoms. The summed E-state index contributed by atoms with van der Waals surface area (Å²) in [7, 11) is 0. The molecule has 20 heavy (non-hydrogen) atoms. The molecular formula is C15H20F2N2O. The van der Waals surface area contributed by atoms with Crippen LogP contribution < -0.4 is 11.1 Å². The molecule has 0 radical (unpaired) electrons. The Labute approximate surface area is 117 Å². The SMILES string of the molecule is NCC1(CNC(=O)Cc2c(F)cccc2F)CCCC1. The number of amides is 1. The number of hydrogen-bond acceptors (Lipinski definition) is 2. The maximum Gasteiger partial charge on any atom is 0.224 e. The van der Waals surface area contributed by atoms with Crippen LogP contribution in [0.2, 0.25) is 0 Å². The van der Waals surface area contributed by atoms with Crippen molar-refractivity contribution < 1.29 is 13.6 Å². The Hall–Kier alpha value is -1.49. The van der Waals surface area contributed by atoms with Crippen LogP contribution in [0.4, 0.5) is 8.78 Å².